The Balaban J connectivity index is 3.23. The van der Waals surface area contributed by atoms with Crippen LogP contribution in [0.2, 0.25) is 5.02 Å². The van der Waals surface area contributed by atoms with Crippen LogP contribution in [0.4, 0.5) is 8.78 Å². The van der Waals surface area contributed by atoms with Gasteiger partial charge in [-0.05, 0) is 26.0 Å². The van der Waals surface area contributed by atoms with E-state index >= 15 is 0 Å². The third-order valence-corrected chi connectivity index (χ3v) is 2.68. The second-order valence-electron chi connectivity index (χ2n) is 3.78. The Hall–Kier alpha value is -1.95. The van der Waals surface area contributed by atoms with Crippen LogP contribution in [0.3, 0.4) is 0 Å². The van der Waals surface area contributed by atoms with Gasteiger partial charge in [-0.1, -0.05) is 11.6 Å². The summed E-state index contributed by atoms with van der Waals surface area (Å²) in [5, 5.41) is -0.314. The lowest BCUT2D eigenvalue weighted by atomic mass is 10.0. The molecule has 1 aromatic carbocycles. The highest BCUT2D eigenvalue weighted by Gasteiger charge is 2.25. The second kappa shape index (κ2) is 7.73. The average Bonchev–Trinajstić information content (AvgIpc) is 2.43. The van der Waals surface area contributed by atoms with Crippen molar-refractivity contribution in [2.24, 2.45) is 0 Å². The zero-order chi connectivity index (χ0) is 16.0. The monoisotopic (exact) mass is 318 g/mol. The highest BCUT2D eigenvalue weighted by molar-refractivity contribution is 6.36. The minimum absolute atomic E-state index is 0.0427. The maximum Gasteiger partial charge on any atom is 0.345 e. The molecule has 0 aromatic heterocycles. The van der Waals surface area contributed by atoms with Crippen molar-refractivity contribution < 1.29 is 27.8 Å². The van der Waals surface area contributed by atoms with Gasteiger partial charge in [-0.3, -0.25) is 4.79 Å². The predicted octanol–water partition coefficient (Wildman–Crippen LogP) is 3.28. The van der Waals surface area contributed by atoms with Crippen LogP contribution in [-0.4, -0.2) is 25.0 Å². The number of Topliss-reactive ketones (excluding diaryl/α,β-unsaturated/α-hetero) is 1. The molecule has 0 spiro atoms. The highest BCUT2D eigenvalue weighted by Crippen LogP contribution is 2.23. The molecule has 7 heteroatoms. The van der Waals surface area contributed by atoms with Crippen LogP contribution in [0.25, 0.3) is 0 Å². The average molecular weight is 319 g/mol. The number of halogens is 3. The van der Waals surface area contributed by atoms with Crippen molar-refractivity contribution in [3.63, 3.8) is 0 Å². The number of carbonyl (C=O) groups is 2. The largest absolute Gasteiger partial charge is 0.500 e. The first kappa shape index (κ1) is 17.1. The third kappa shape index (κ3) is 4.26. The first-order valence-corrected chi connectivity index (χ1v) is 6.48. The number of ether oxygens (including phenoxy) is 2. The summed E-state index contributed by atoms with van der Waals surface area (Å²) in [4.78, 5) is 24.0. The standard InChI is InChI=1S/C14H13ClF2O4/c1-3-20-7-9(14(19)21-4-2)13(18)8-5-11(16)12(17)6-10(8)15/h5-7H,3-4H2,1-2H3/b9-7-. The number of hydrogen-bond donors (Lipinski definition) is 0. The molecule has 0 saturated heterocycles. The zero-order valence-electron chi connectivity index (χ0n) is 11.4. The highest BCUT2D eigenvalue weighted by atomic mass is 35.5. The van der Waals surface area contributed by atoms with E-state index in [1.807, 2.05) is 0 Å². The molecular formula is C14H13ClF2O4. The maximum atomic E-state index is 13.2. The van der Waals surface area contributed by atoms with E-state index in [0.29, 0.717) is 12.1 Å². The molecule has 0 heterocycles. The van der Waals surface area contributed by atoms with Gasteiger partial charge in [0.05, 0.1) is 18.2 Å². The SMILES string of the molecule is CCO/C=C(\C(=O)OCC)C(=O)c1cc(F)c(F)cc1Cl. The van der Waals surface area contributed by atoms with Gasteiger partial charge in [-0.2, -0.15) is 0 Å². The molecule has 0 amide bonds. The van der Waals surface area contributed by atoms with E-state index in [1.54, 1.807) is 13.8 Å². The van der Waals surface area contributed by atoms with Crippen LogP contribution in [0.15, 0.2) is 24.0 Å². The summed E-state index contributed by atoms with van der Waals surface area (Å²) in [6.07, 6.45) is 0.915. The van der Waals surface area contributed by atoms with Crippen molar-refractivity contribution >= 4 is 23.4 Å². The Bertz CT molecular complexity index is 585. The first-order valence-electron chi connectivity index (χ1n) is 6.10. The first-order chi connectivity index (χ1) is 9.92. The van der Waals surface area contributed by atoms with E-state index in [0.717, 1.165) is 6.26 Å². The van der Waals surface area contributed by atoms with E-state index < -0.39 is 29.0 Å². The summed E-state index contributed by atoms with van der Waals surface area (Å²) in [5.74, 6) is -4.28. The predicted molar refractivity (Wildman–Crippen MR) is 72.0 cm³/mol. The number of esters is 1. The van der Waals surface area contributed by atoms with E-state index in [-0.39, 0.29) is 23.8 Å². The fraction of sp³-hybridized carbons (Fsp3) is 0.286. The molecule has 114 valence electrons. The Morgan fingerprint density at radius 3 is 2.38 bits per heavy atom. The smallest absolute Gasteiger partial charge is 0.345 e. The van der Waals surface area contributed by atoms with Gasteiger partial charge in [0.1, 0.15) is 11.8 Å². The molecule has 0 fully saturated rings. The number of benzene rings is 1. The van der Waals surface area contributed by atoms with Gasteiger partial charge in [0.2, 0.25) is 5.78 Å². The fourth-order valence-corrected chi connectivity index (χ4v) is 1.65. The van der Waals surface area contributed by atoms with Crippen LogP contribution in [-0.2, 0) is 14.3 Å². The summed E-state index contributed by atoms with van der Waals surface area (Å²) < 4.78 is 35.9. The maximum absolute atomic E-state index is 13.2. The molecule has 0 saturated carbocycles. The van der Waals surface area contributed by atoms with E-state index in [1.165, 1.54) is 0 Å². The molecule has 0 aliphatic rings. The van der Waals surface area contributed by atoms with Gasteiger partial charge < -0.3 is 9.47 Å². The van der Waals surface area contributed by atoms with Crippen molar-refractivity contribution in [3.05, 3.63) is 46.2 Å². The Labute approximate surface area is 125 Å². The van der Waals surface area contributed by atoms with Crippen molar-refractivity contribution in [1.29, 1.82) is 0 Å². The minimum Gasteiger partial charge on any atom is -0.500 e. The zero-order valence-corrected chi connectivity index (χ0v) is 12.2. The molecule has 0 N–H and O–H groups in total. The number of ketones is 1. The van der Waals surface area contributed by atoms with Crippen LogP contribution >= 0.6 is 11.6 Å². The molecule has 0 aliphatic carbocycles. The molecule has 0 atom stereocenters. The molecule has 0 aliphatic heterocycles. The van der Waals surface area contributed by atoms with E-state index in [4.69, 9.17) is 21.1 Å². The fourth-order valence-electron chi connectivity index (χ4n) is 1.41. The lowest BCUT2D eigenvalue weighted by molar-refractivity contribution is -0.138. The van der Waals surface area contributed by atoms with Gasteiger partial charge in [-0.15, -0.1) is 0 Å². The van der Waals surface area contributed by atoms with Crippen molar-refractivity contribution in [3.8, 4) is 0 Å². The topological polar surface area (TPSA) is 52.6 Å². The van der Waals surface area contributed by atoms with Crippen LogP contribution in [0, 0.1) is 11.6 Å². The Morgan fingerprint density at radius 1 is 1.19 bits per heavy atom. The Morgan fingerprint density at radius 2 is 1.81 bits per heavy atom. The van der Waals surface area contributed by atoms with Crippen molar-refractivity contribution in [1.82, 2.24) is 0 Å². The molecule has 4 nitrogen and oxygen atoms in total. The minimum atomic E-state index is -1.25. The number of rotatable bonds is 6. The van der Waals surface area contributed by atoms with Gasteiger partial charge in [-0.25, -0.2) is 13.6 Å². The van der Waals surface area contributed by atoms with Gasteiger partial charge >= 0.3 is 5.97 Å². The normalized spacial score (nSPS) is 11.2. The summed E-state index contributed by atoms with van der Waals surface area (Å²) in [6, 6.07) is 1.28. The molecule has 1 aromatic rings. The van der Waals surface area contributed by atoms with E-state index in [9.17, 15) is 18.4 Å². The quantitative estimate of drug-likeness (QED) is 0.154. The number of hydrogen-bond acceptors (Lipinski definition) is 4. The molecule has 0 unspecified atom stereocenters. The second-order valence-corrected chi connectivity index (χ2v) is 4.19. The lowest BCUT2D eigenvalue weighted by Crippen LogP contribution is -2.17. The molecule has 0 radical (unpaired) electrons. The summed E-state index contributed by atoms with van der Waals surface area (Å²) in [5.41, 5.74) is -0.804. The third-order valence-electron chi connectivity index (χ3n) is 2.36. The molecule has 0 bridgehead atoms. The summed E-state index contributed by atoms with van der Waals surface area (Å²) >= 11 is 5.71. The number of carbonyl (C=O) groups excluding carboxylic acids is 2. The molecular weight excluding hydrogens is 306 g/mol. The Kier molecular flexibility index (Phi) is 6.30. The van der Waals surface area contributed by atoms with Gasteiger partial charge in [0, 0.05) is 5.56 Å². The van der Waals surface area contributed by atoms with Crippen molar-refractivity contribution in [2.75, 3.05) is 13.2 Å². The molecule has 1 rings (SSSR count). The van der Waals surface area contributed by atoms with Gasteiger partial charge in [0.25, 0.3) is 0 Å². The molecule has 21 heavy (non-hydrogen) atoms. The van der Waals surface area contributed by atoms with Gasteiger partial charge in [0.15, 0.2) is 11.6 Å². The lowest BCUT2D eigenvalue weighted by Gasteiger charge is -2.08. The van der Waals surface area contributed by atoms with Crippen LogP contribution in [0.5, 0.6) is 0 Å². The summed E-state index contributed by atoms with van der Waals surface area (Å²) in [6.45, 7) is 3.46. The summed E-state index contributed by atoms with van der Waals surface area (Å²) in [7, 11) is 0. The van der Waals surface area contributed by atoms with Crippen LogP contribution in [0.1, 0.15) is 24.2 Å². The van der Waals surface area contributed by atoms with Crippen LogP contribution < -0.4 is 0 Å². The van der Waals surface area contributed by atoms with E-state index in [2.05, 4.69) is 0 Å². The van der Waals surface area contributed by atoms with Crippen molar-refractivity contribution in [2.45, 2.75) is 13.8 Å².